The minimum atomic E-state index is 0.262. The number of rotatable bonds is 2. The lowest BCUT2D eigenvalue weighted by Crippen LogP contribution is -2.21. The number of ketones is 1. The van der Waals surface area contributed by atoms with Crippen LogP contribution >= 0.6 is 0 Å². The first-order chi connectivity index (χ1) is 7.58. The highest BCUT2D eigenvalue weighted by atomic mass is 16.5. The molecular weight excluding hydrogens is 204 g/mol. The Morgan fingerprint density at radius 1 is 1.44 bits per heavy atom. The third kappa shape index (κ3) is 2.15. The van der Waals surface area contributed by atoms with Gasteiger partial charge in [-0.3, -0.25) is 4.79 Å². The molecule has 4 nitrogen and oxygen atoms in total. The number of nitrogens with zero attached hydrogens (tertiary/aromatic N) is 2. The van der Waals surface area contributed by atoms with Gasteiger partial charge in [0.1, 0.15) is 5.78 Å². The van der Waals surface area contributed by atoms with Crippen LogP contribution in [0.15, 0.2) is 4.52 Å². The monoisotopic (exact) mass is 222 g/mol. The molecular formula is C12H18N2O2. The molecule has 0 radical (unpaired) electrons. The predicted molar refractivity (Wildman–Crippen MR) is 59.2 cm³/mol. The highest BCUT2D eigenvalue weighted by Crippen LogP contribution is 2.35. The fourth-order valence-corrected chi connectivity index (χ4v) is 2.20. The van der Waals surface area contributed by atoms with Crippen molar-refractivity contribution in [3.8, 4) is 0 Å². The molecule has 2 atom stereocenters. The summed E-state index contributed by atoms with van der Waals surface area (Å²) in [6, 6.07) is 0. The van der Waals surface area contributed by atoms with Gasteiger partial charge in [0.25, 0.3) is 0 Å². The zero-order chi connectivity index (χ0) is 11.7. The molecule has 0 saturated heterocycles. The normalized spacial score (nSPS) is 26.4. The Kier molecular flexibility index (Phi) is 3.08. The first-order valence-corrected chi connectivity index (χ1v) is 5.93. The fourth-order valence-electron chi connectivity index (χ4n) is 2.20. The van der Waals surface area contributed by atoms with Gasteiger partial charge < -0.3 is 4.52 Å². The minimum Gasteiger partial charge on any atom is -0.339 e. The van der Waals surface area contributed by atoms with Crippen molar-refractivity contribution in [2.24, 2.45) is 5.92 Å². The zero-order valence-corrected chi connectivity index (χ0v) is 10.1. The summed E-state index contributed by atoms with van der Waals surface area (Å²) in [5.41, 5.74) is 0. The van der Waals surface area contributed by atoms with Crippen LogP contribution in [0.4, 0.5) is 0 Å². The van der Waals surface area contributed by atoms with Crippen molar-refractivity contribution >= 4 is 5.78 Å². The SMILES string of the molecule is CC(C)c1noc([C@H]2CCC(=O)C[C@@H]2C)n1. The highest BCUT2D eigenvalue weighted by Gasteiger charge is 2.31. The summed E-state index contributed by atoms with van der Waals surface area (Å²) < 4.78 is 5.30. The van der Waals surface area contributed by atoms with Crippen LogP contribution in [-0.2, 0) is 4.79 Å². The van der Waals surface area contributed by atoms with Gasteiger partial charge >= 0.3 is 0 Å². The van der Waals surface area contributed by atoms with Crippen LogP contribution in [0.3, 0.4) is 0 Å². The van der Waals surface area contributed by atoms with Crippen molar-refractivity contribution in [3.63, 3.8) is 0 Å². The molecule has 0 N–H and O–H groups in total. The maximum Gasteiger partial charge on any atom is 0.230 e. The number of carbonyl (C=O) groups is 1. The van der Waals surface area contributed by atoms with Gasteiger partial charge in [0.2, 0.25) is 5.89 Å². The second-order valence-electron chi connectivity index (χ2n) is 5.01. The summed E-state index contributed by atoms with van der Waals surface area (Å²) in [5, 5.41) is 3.97. The molecule has 1 aromatic heterocycles. The second-order valence-corrected chi connectivity index (χ2v) is 5.01. The lowest BCUT2D eigenvalue weighted by atomic mass is 9.80. The highest BCUT2D eigenvalue weighted by molar-refractivity contribution is 5.79. The maximum absolute atomic E-state index is 11.3. The fraction of sp³-hybridized carbons (Fsp3) is 0.750. The van der Waals surface area contributed by atoms with Crippen molar-refractivity contribution in [2.45, 2.75) is 51.9 Å². The standard InChI is InChI=1S/C12H18N2O2/c1-7(2)11-13-12(16-14-11)10-5-4-9(15)6-8(10)3/h7-8,10H,4-6H2,1-3H3/t8-,10-/m0/s1. The molecule has 2 rings (SSSR count). The molecule has 1 fully saturated rings. The van der Waals surface area contributed by atoms with E-state index in [0.29, 0.717) is 30.4 Å². The molecule has 0 aliphatic heterocycles. The molecule has 1 aromatic rings. The van der Waals surface area contributed by atoms with E-state index in [-0.39, 0.29) is 11.8 Å². The van der Waals surface area contributed by atoms with E-state index in [1.54, 1.807) is 0 Å². The Balaban J connectivity index is 2.14. The van der Waals surface area contributed by atoms with Gasteiger partial charge in [0.15, 0.2) is 5.82 Å². The van der Waals surface area contributed by atoms with Crippen LogP contribution < -0.4 is 0 Å². The molecule has 16 heavy (non-hydrogen) atoms. The number of carbonyl (C=O) groups excluding carboxylic acids is 1. The van der Waals surface area contributed by atoms with Gasteiger partial charge in [-0.25, -0.2) is 0 Å². The van der Waals surface area contributed by atoms with Crippen LogP contribution in [-0.4, -0.2) is 15.9 Å². The van der Waals surface area contributed by atoms with E-state index in [0.717, 1.165) is 12.2 Å². The predicted octanol–water partition coefficient (Wildman–Crippen LogP) is 2.67. The number of Topliss-reactive ketones (excluding diaryl/α,β-unsaturated/α-hetero) is 1. The van der Waals surface area contributed by atoms with E-state index in [4.69, 9.17) is 4.52 Å². The Bertz CT molecular complexity index is 384. The zero-order valence-electron chi connectivity index (χ0n) is 10.1. The molecule has 1 heterocycles. The van der Waals surface area contributed by atoms with Gasteiger partial charge in [-0.1, -0.05) is 25.9 Å². The van der Waals surface area contributed by atoms with Crippen LogP contribution in [0.5, 0.6) is 0 Å². The number of aromatic nitrogens is 2. The second kappa shape index (κ2) is 4.36. The topological polar surface area (TPSA) is 56.0 Å². The molecule has 88 valence electrons. The molecule has 4 heteroatoms. The smallest absolute Gasteiger partial charge is 0.230 e. The average Bonchev–Trinajstić information content (AvgIpc) is 2.66. The third-order valence-electron chi connectivity index (χ3n) is 3.26. The number of hydrogen-bond acceptors (Lipinski definition) is 4. The lowest BCUT2D eigenvalue weighted by molar-refractivity contribution is -0.121. The summed E-state index contributed by atoms with van der Waals surface area (Å²) in [5.74, 6) is 2.70. The van der Waals surface area contributed by atoms with E-state index < -0.39 is 0 Å². The molecule has 0 bridgehead atoms. The van der Waals surface area contributed by atoms with Crippen molar-refractivity contribution in [2.75, 3.05) is 0 Å². The molecule has 1 saturated carbocycles. The van der Waals surface area contributed by atoms with Crippen molar-refractivity contribution in [3.05, 3.63) is 11.7 Å². The quantitative estimate of drug-likeness (QED) is 0.772. The van der Waals surface area contributed by atoms with E-state index in [9.17, 15) is 4.79 Å². The van der Waals surface area contributed by atoms with Crippen LogP contribution in [0.25, 0.3) is 0 Å². The average molecular weight is 222 g/mol. The molecule has 0 spiro atoms. The van der Waals surface area contributed by atoms with E-state index in [2.05, 4.69) is 17.1 Å². The van der Waals surface area contributed by atoms with Gasteiger partial charge in [-0.2, -0.15) is 4.98 Å². The summed E-state index contributed by atoms with van der Waals surface area (Å²) >= 11 is 0. The summed E-state index contributed by atoms with van der Waals surface area (Å²) in [4.78, 5) is 15.7. The number of hydrogen-bond donors (Lipinski definition) is 0. The van der Waals surface area contributed by atoms with Crippen molar-refractivity contribution in [1.29, 1.82) is 0 Å². The van der Waals surface area contributed by atoms with Gasteiger partial charge in [0.05, 0.1) is 0 Å². The molecule has 1 aliphatic carbocycles. The van der Waals surface area contributed by atoms with Gasteiger partial charge in [-0.15, -0.1) is 0 Å². The first-order valence-electron chi connectivity index (χ1n) is 5.93. The first kappa shape index (κ1) is 11.3. The lowest BCUT2D eigenvalue weighted by Gasteiger charge is -2.24. The molecule has 0 aromatic carbocycles. The van der Waals surface area contributed by atoms with Crippen molar-refractivity contribution in [1.82, 2.24) is 10.1 Å². The van der Waals surface area contributed by atoms with Crippen LogP contribution in [0, 0.1) is 5.92 Å². The summed E-state index contributed by atoms with van der Waals surface area (Å²) in [6.45, 7) is 6.17. The van der Waals surface area contributed by atoms with E-state index >= 15 is 0 Å². The summed E-state index contributed by atoms with van der Waals surface area (Å²) in [7, 11) is 0. The Morgan fingerprint density at radius 3 is 2.75 bits per heavy atom. The van der Waals surface area contributed by atoms with Crippen molar-refractivity contribution < 1.29 is 9.32 Å². The van der Waals surface area contributed by atoms with Gasteiger partial charge in [0, 0.05) is 24.7 Å². The molecule has 1 aliphatic rings. The Labute approximate surface area is 95.4 Å². The van der Waals surface area contributed by atoms with Crippen LogP contribution in [0.2, 0.25) is 0 Å². The maximum atomic E-state index is 11.3. The molecule has 0 amide bonds. The van der Waals surface area contributed by atoms with Gasteiger partial charge in [-0.05, 0) is 12.3 Å². The van der Waals surface area contributed by atoms with E-state index in [1.165, 1.54) is 0 Å². The Morgan fingerprint density at radius 2 is 2.19 bits per heavy atom. The largest absolute Gasteiger partial charge is 0.339 e. The molecule has 0 unspecified atom stereocenters. The van der Waals surface area contributed by atoms with E-state index in [1.807, 2.05) is 13.8 Å². The Hall–Kier alpha value is -1.19. The minimum absolute atomic E-state index is 0.262. The summed E-state index contributed by atoms with van der Waals surface area (Å²) in [6.07, 6.45) is 2.14. The van der Waals surface area contributed by atoms with Crippen LogP contribution in [0.1, 0.15) is 63.6 Å². The third-order valence-corrected chi connectivity index (χ3v) is 3.26.